The van der Waals surface area contributed by atoms with Crippen molar-refractivity contribution >= 4 is 5.69 Å². The summed E-state index contributed by atoms with van der Waals surface area (Å²) >= 11 is 0. The normalized spacial score (nSPS) is 10.1. The van der Waals surface area contributed by atoms with Gasteiger partial charge in [-0.1, -0.05) is 12.1 Å². The van der Waals surface area contributed by atoms with Crippen LogP contribution >= 0.6 is 0 Å². The van der Waals surface area contributed by atoms with Gasteiger partial charge in [0.1, 0.15) is 17.5 Å². The fourth-order valence-corrected chi connectivity index (χ4v) is 1.89. The number of benzene rings is 1. The van der Waals surface area contributed by atoms with Crippen LogP contribution in [-0.4, -0.2) is 14.7 Å². The predicted molar refractivity (Wildman–Crippen MR) is 64.4 cm³/mol. The van der Waals surface area contributed by atoms with Gasteiger partial charge in [0.2, 0.25) is 0 Å². The molecule has 1 heterocycles. The highest BCUT2D eigenvalue weighted by Crippen LogP contribution is 2.25. The first kappa shape index (κ1) is 11.8. The lowest BCUT2D eigenvalue weighted by atomic mass is 10.2. The van der Waals surface area contributed by atoms with E-state index in [1.54, 1.807) is 38.1 Å². The van der Waals surface area contributed by atoms with Crippen LogP contribution in [0.25, 0.3) is 5.69 Å². The zero-order chi connectivity index (χ0) is 13.3. The summed E-state index contributed by atoms with van der Waals surface area (Å²) in [5.41, 5.74) is 1.72. The molecule has 6 heteroatoms. The summed E-state index contributed by atoms with van der Waals surface area (Å²) in [6, 6.07) is 8.91. The molecule has 1 aromatic carbocycles. The lowest BCUT2D eigenvalue weighted by Gasteiger charge is -2.04. The second kappa shape index (κ2) is 4.30. The molecule has 2 rings (SSSR count). The van der Waals surface area contributed by atoms with E-state index in [1.165, 1.54) is 4.68 Å². The fraction of sp³-hybridized carbons (Fsp3) is 0.167. The number of nitro groups is 1. The molecule has 1 aromatic heterocycles. The maximum Gasteiger partial charge on any atom is 0.313 e. The Hall–Kier alpha value is -2.68. The fourth-order valence-electron chi connectivity index (χ4n) is 1.89. The first-order valence-electron chi connectivity index (χ1n) is 5.26. The third-order valence-corrected chi connectivity index (χ3v) is 2.69. The molecule has 0 saturated carbocycles. The lowest BCUT2D eigenvalue weighted by molar-refractivity contribution is -0.386. The maximum absolute atomic E-state index is 10.9. The van der Waals surface area contributed by atoms with Gasteiger partial charge in [-0.25, -0.2) is 4.68 Å². The minimum absolute atomic E-state index is 0.0113. The summed E-state index contributed by atoms with van der Waals surface area (Å²) in [5.74, 6) is 0. The van der Waals surface area contributed by atoms with Crippen molar-refractivity contribution in [1.29, 1.82) is 5.26 Å². The molecular weight excluding hydrogens is 232 g/mol. The number of hydrogen-bond acceptors (Lipinski definition) is 4. The molecule has 0 unspecified atom stereocenters. The van der Waals surface area contributed by atoms with Crippen LogP contribution < -0.4 is 0 Å². The molecule has 6 nitrogen and oxygen atoms in total. The van der Waals surface area contributed by atoms with Crippen LogP contribution in [0.2, 0.25) is 0 Å². The van der Waals surface area contributed by atoms with Gasteiger partial charge in [-0.05, 0) is 26.0 Å². The molecule has 90 valence electrons. The van der Waals surface area contributed by atoms with Crippen molar-refractivity contribution in [3.8, 4) is 11.8 Å². The van der Waals surface area contributed by atoms with E-state index in [-0.39, 0.29) is 5.69 Å². The summed E-state index contributed by atoms with van der Waals surface area (Å²) in [5, 5.41) is 24.1. The Bertz CT molecular complexity index is 667. The summed E-state index contributed by atoms with van der Waals surface area (Å²) in [4.78, 5) is 10.5. The van der Waals surface area contributed by atoms with Crippen LogP contribution in [0.1, 0.15) is 17.0 Å². The van der Waals surface area contributed by atoms with E-state index in [9.17, 15) is 10.1 Å². The highest BCUT2D eigenvalue weighted by atomic mass is 16.6. The minimum atomic E-state index is -0.455. The van der Waals surface area contributed by atoms with Crippen LogP contribution in [-0.2, 0) is 0 Å². The zero-order valence-electron chi connectivity index (χ0n) is 9.91. The Morgan fingerprint density at radius 1 is 1.39 bits per heavy atom. The van der Waals surface area contributed by atoms with Gasteiger partial charge in [-0.2, -0.15) is 10.4 Å². The van der Waals surface area contributed by atoms with Crippen molar-refractivity contribution in [3.05, 3.63) is 51.3 Å². The Kier molecular flexibility index (Phi) is 2.81. The Morgan fingerprint density at radius 3 is 2.61 bits per heavy atom. The summed E-state index contributed by atoms with van der Waals surface area (Å²) in [6.07, 6.45) is 0. The van der Waals surface area contributed by atoms with Gasteiger partial charge in [0.25, 0.3) is 0 Å². The summed E-state index contributed by atoms with van der Waals surface area (Å²) in [6.45, 7) is 3.20. The molecule has 0 aliphatic carbocycles. The van der Waals surface area contributed by atoms with E-state index in [0.29, 0.717) is 22.6 Å². The van der Waals surface area contributed by atoms with Gasteiger partial charge in [0.05, 0.1) is 16.2 Å². The smallest absolute Gasteiger partial charge is 0.258 e. The minimum Gasteiger partial charge on any atom is -0.258 e. The molecule has 0 aliphatic rings. The number of para-hydroxylation sites is 1. The molecule has 0 aliphatic heterocycles. The topological polar surface area (TPSA) is 84.8 Å². The highest BCUT2D eigenvalue weighted by molar-refractivity contribution is 5.52. The molecule has 0 radical (unpaired) electrons. The van der Waals surface area contributed by atoms with Crippen LogP contribution in [0.3, 0.4) is 0 Å². The largest absolute Gasteiger partial charge is 0.313 e. The average Bonchev–Trinajstić information content (AvgIpc) is 2.64. The van der Waals surface area contributed by atoms with Gasteiger partial charge in [-0.3, -0.25) is 10.1 Å². The summed E-state index contributed by atoms with van der Waals surface area (Å²) in [7, 11) is 0. The predicted octanol–water partition coefficient (Wildman–Crippen LogP) is 2.27. The second-order valence-electron chi connectivity index (χ2n) is 3.82. The number of aryl methyl sites for hydroxylation is 1. The molecule has 0 spiro atoms. The Morgan fingerprint density at radius 2 is 2.06 bits per heavy atom. The SMILES string of the molecule is Cc1nn(-c2ccccc2C#N)c(C)c1[N+](=O)[O-]. The van der Waals surface area contributed by atoms with E-state index in [4.69, 9.17) is 5.26 Å². The molecule has 2 aromatic rings. The number of aromatic nitrogens is 2. The Labute approximate surface area is 103 Å². The molecule has 18 heavy (non-hydrogen) atoms. The molecule has 0 bridgehead atoms. The third-order valence-electron chi connectivity index (χ3n) is 2.69. The van der Waals surface area contributed by atoms with E-state index in [0.717, 1.165) is 0 Å². The molecule has 0 amide bonds. The van der Waals surface area contributed by atoms with Gasteiger partial charge >= 0.3 is 5.69 Å². The number of nitriles is 1. The number of hydrogen-bond donors (Lipinski definition) is 0. The molecule has 0 N–H and O–H groups in total. The molecule has 0 atom stereocenters. The van der Waals surface area contributed by atoms with Gasteiger partial charge in [0.15, 0.2) is 0 Å². The van der Waals surface area contributed by atoms with Crippen molar-refractivity contribution in [2.45, 2.75) is 13.8 Å². The second-order valence-corrected chi connectivity index (χ2v) is 3.82. The van der Waals surface area contributed by atoms with Crippen LogP contribution in [0.4, 0.5) is 5.69 Å². The van der Waals surface area contributed by atoms with Crippen molar-refractivity contribution in [1.82, 2.24) is 9.78 Å². The van der Waals surface area contributed by atoms with Gasteiger partial charge < -0.3 is 0 Å². The van der Waals surface area contributed by atoms with E-state index in [2.05, 4.69) is 5.10 Å². The van der Waals surface area contributed by atoms with Crippen LogP contribution in [0, 0.1) is 35.3 Å². The third kappa shape index (κ3) is 1.72. The molecular formula is C12H10N4O2. The van der Waals surface area contributed by atoms with Gasteiger partial charge in [0, 0.05) is 0 Å². The number of nitrogens with zero attached hydrogens (tertiary/aromatic N) is 4. The zero-order valence-corrected chi connectivity index (χ0v) is 9.91. The van der Waals surface area contributed by atoms with Crippen LogP contribution in [0.15, 0.2) is 24.3 Å². The van der Waals surface area contributed by atoms with Crippen molar-refractivity contribution in [3.63, 3.8) is 0 Å². The monoisotopic (exact) mass is 242 g/mol. The first-order valence-corrected chi connectivity index (χ1v) is 5.26. The van der Waals surface area contributed by atoms with Crippen LogP contribution in [0.5, 0.6) is 0 Å². The molecule has 0 saturated heterocycles. The summed E-state index contributed by atoms with van der Waals surface area (Å²) < 4.78 is 1.44. The van der Waals surface area contributed by atoms with E-state index >= 15 is 0 Å². The van der Waals surface area contributed by atoms with Crippen molar-refractivity contribution in [2.24, 2.45) is 0 Å². The number of rotatable bonds is 2. The van der Waals surface area contributed by atoms with E-state index < -0.39 is 4.92 Å². The highest BCUT2D eigenvalue weighted by Gasteiger charge is 2.23. The average molecular weight is 242 g/mol. The lowest BCUT2D eigenvalue weighted by Crippen LogP contribution is -2.02. The molecule has 0 fully saturated rings. The standard InChI is InChI=1S/C12H10N4O2/c1-8-12(16(17)18)9(2)15(14-8)11-6-4-3-5-10(11)7-13/h3-6H,1-2H3. The van der Waals surface area contributed by atoms with Gasteiger partial charge in [-0.15, -0.1) is 0 Å². The Balaban J connectivity index is 2.70. The quantitative estimate of drug-likeness (QED) is 0.597. The first-order chi connectivity index (χ1) is 8.56. The maximum atomic E-state index is 10.9. The van der Waals surface area contributed by atoms with Crippen molar-refractivity contribution < 1.29 is 4.92 Å². The van der Waals surface area contributed by atoms with E-state index in [1.807, 2.05) is 6.07 Å². The van der Waals surface area contributed by atoms with Crippen molar-refractivity contribution in [2.75, 3.05) is 0 Å².